The average Bonchev–Trinajstić information content (AvgIpc) is 3.01. The van der Waals surface area contributed by atoms with E-state index < -0.39 is 17.5 Å². The summed E-state index contributed by atoms with van der Waals surface area (Å²) in [5.74, 6) is -0.450. The second kappa shape index (κ2) is 8.13. The number of rotatable bonds is 4. The number of alkyl halides is 3. The molecule has 1 aromatic carbocycles. The first kappa shape index (κ1) is 20.3. The second-order valence-corrected chi connectivity index (χ2v) is 6.22. The van der Waals surface area contributed by atoms with Crippen LogP contribution >= 0.6 is 12.4 Å². The molecule has 1 aliphatic heterocycles. The first-order chi connectivity index (χ1) is 11.8. The van der Waals surface area contributed by atoms with Crippen LogP contribution in [-0.4, -0.2) is 36.9 Å². The summed E-state index contributed by atoms with van der Waals surface area (Å²) in [5, 5.41) is 9.04. The normalized spacial score (nSPS) is 15.5. The van der Waals surface area contributed by atoms with E-state index in [9.17, 15) is 18.0 Å². The summed E-state index contributed by atoms with van der Waals surface area (Å²) in [6, 6.07) is 3.62. The highest BCUT2D eigenvalue weighted by Gasteiger charge is 2.35. The Morgan fingerprint density at radius 2 is 2.00 bits per heavy atom. The van der Waals surface area contributed by atoms with Gasteiger partial charge in [-0.25, -0.2) is 9.89 Å². The fourth-order valence-electron chi connectivity index (χ4n) is 3.12. The molecule has 26 heavy (non-hydrogen) atoms. The maximum atomic E-state index is 13.4. The van der Waals surface area contributed by atoms with Crippen molar-refractivity contribution in [2.75, 3.05) is 31.6 Å². The van der Waals surface area contributed by atoms with Crippen molar-refractivity contribution in [3.05, 3.63) is 34.3 Å². The number of anilines is 1. The van der Waals surface area contributed by atoms with Crippen LogP contribution in [0, 0.1) is 5.92 Å². The highest BCUT2D eigenvalue weighted by Crippen LogP contribution is 2.38. The van der Waals surface area contributed by atoms with Crippen molar-refractivity contribution in [2.45, 2.75) is 19.0 Å². The standard InChI is InChI=1S/C16H19F3N4O2.ClH/c1-23(9-10-4-6-20-7-5-10)13-8-11(14-21-22-15(24)25-14)2-3-12(13)16(17,18)19;/h2-3,8,10,20H,4-7,9H2,1H3,(H,22,24);1H. The summed E-state index contributed by atoms with van der Waals surface area (Å²) in [6.07, 6.45) is -2.61. The topological polar surface area (TPSA) is 74.2 Å². The highest BCUT2D eigenvalue weighted by molar-refractivity contribution is 5.85. The Kier molecular flexibility index (Phi) is 6.35. The van der Waals surface area contributed by atoms with Crippen LogP contribution in [0.2, 0.25) is 0 Å². The largest absolute Gasteiger partial charge is 0.434 e. The van der Waals surface area contributed by atoms with E-state index in [4.69, 9.17) is 4.42 Å². The Hall–Kier alpha value is -2.00. The van der Waals surface area contributed by atoms with Crippen molar-refractivity contribution in [1.29, 1.82) is 0 Å². The third-order valence-corrected chi connectivity index (χ3v) is 4.39. The molecule has 0 radical (unpaired) electrons. The molecule has 2 N–H and O–H groups in total. The molecule has 0 amide bonds. The molecule has 0 aliphatic carbocycles. The molecule has 2 aromatic rings. The fraction of sp³-hybridized carbons (Fsp3) is 0.500. The molecular weight excluding hydrogens is 373 g/mol. The van der Waals surface area contributed by atoms with Gasteiger partial charge in [0.1, 0.15) is 0 Å². The number of halogens is 4. The van der Waals surface area contributed by atoms with Crippen LogP contribution in [0.1, 0.15) is 18.4 Å². The number of aromatic nitrogens is 2. The average molecular weight is 393 g/mol. The maximum Gasteiger partial charge on any atom is 0.434 e. The van der Waals surface area contributed by atoms with Crippen LogP contribution in [-0.2, 0) is 6.18 Å². The molecule has 0 atom stereocenters. The molecular formula is C16H20ClF3N4O2. The molecule has 1 aromatic heterocycles. The van der Waals surface area contributed by atoms with E-state index in [2.05, 4.69) is 15.5 Å². The van der Waals surface area contributed by atoms with Crippen molar-refractivity contribution in [3.8, 4) is 11.5 Å². The molecule has 3 rings (SSSR count). The molecule has 0 spiro atoms. The summed E-state index contributed by atoms with van der Waals surface area (Å²) in [6.45, 7) is 2.28. The molecule has 10 heteroatoms. The molecule has 2 heterocycles. The number of H-pyrrole nitrogens is 1. The lowest BCUT2D eigenvalue weighted by molar-refractivity contribution is -0.137. The van der Waals surface area contributed by atoms with Gasteiger partial charge >= 0.3 is 11.9 Å². The third kappa shape index (κ3) is 4.59. The minimum Gasteiger partial charge on any atom is -0.388 e. The van der Waals surface area contributed by atoms with E-state index in [0.29, 0.717) is 18.0 Å². The fourth-order valence-corrected chi connectivity index (χ4v) is 3.12. The van der Waals surface area contributed by atoms with Crippen molar-refractivity contribution >= 4 is 18.1 Å². The lowest BCUT2D eigenvalue weighted by Gasteiger charge is -2.30. The SMILES string of the molecule is CN(CC1CCNCC1)c1cc(-c2n[nH]c(=O)o2)ccc1C(F)(F)F.Cl. The van der Waals surface area contributed by atoms with Crippen molar-refractivity contribution in [3.63, 3.8) is 0 Å². The monoisotopic (exact) mass is 392 g/mol. The van der Waals surface area contributed by atoms with Crippen molar-refractivity contribution in [2.24, 2.45) is 5.92 Å². The molecule has 1 aliphatic rings. The van der Waals surface area contributed by atoms with Gasteiger partial charge in [-0.1, -0.05) is 0 Å². The van der Waals surface area contributed by atoms with E-state index in [1.165, 1.54) is 12.1 Å². The van der Waals surface area contributed by atoms with E-state index in [-0.39, 0.29) is 24.0 Å². The van der Waals surface area contributed by atoms with Crippen LogP contribution in [0.3, 0.4) is 0 Å². The summed E-state index contributed by atoms with van der Waals surface area (Å²) in [5.41, 5.74) is -0.349. The molecule has 0 saturated carbocycles. The van der Waals surface area contributed by atoms with Gasteiger partial charge in [0.15, 0.2) is 0 Å². The van der Waals surface area contributed by atoms with Gasteiger partial charge < -0.3 is 14.6 Å². The van der Waals surface area contributed by atoms with Crippen molar-refractivity contribution < 1.29 is 17.6 Å². The van der Waals surface area contributed by atoms with E-state index in [0.717, 1.165) is 32.0 Å². The van der Waals surface area contributed by atoms with Gasteiger partial charge in [-0.15, -0.1) is 17.5 Å². The van der Waals surface area contributed by atoms with Gasteiger partial charge in [0.2, 0.25) is 5.89 Å². The number of nitrogens with zero attached hydrogens (tertiary/aromatic N) is 2. The molecule has 1 saturated heterocycles. The zero-order valence-corrected chi connectivity index (χ0v) is 14.9. The van der Waals surface area contributed by atoms with Gasteiger partial charge in [0, 0.05) is 24.8 Å². The number of hydrogen-bond acceptors (Lipinski definition) is 5. The zero-order valence-electron chi connectivity index (χ0n) is 14.1. The Labute approximate surface area is 154 Å². The van der Waals surface area contributed by atoms with E-state index in [1.54, 1.807) is 11.9 Å². The van der Waals surface area contributed by atoms with Crippen LogP contribution in [0.5, 0.6) is 0 Å². The van der Waals surface area contributed by atoms with Crippen molar-refractivity contribution in [1.82, 2.24) is 15.5 Å². The molecule has 144 valence electrons. The number of nitrogens with one attached hydrogen (secondary N) is 2. The predicted molar refractivity (Wildman–Crippen MR) is 93.7 cm³/mol. The minimum atomic E-state index is -4.47. The smallest absolute Gasteiger partial charge is 0.388 e. The number of benzene rings is 1. The number of aromatic amines is 1. The van der Waals surface area contributed by atoms with Crippen LogP contribution < -0.4 is 16.0 Å². The quantitative estimate of drug-likeness (QED) is 0.837. The lowest BCUT2D eigenvalue weighted by Crippen LogP contribution is -2.35. The number of piperidine rings is 1. The molecule has 6 nitrogen and oxygen atoms in total. The van der Waals surface area contributed by atoms with Gasteiger partial charge in [0.25, 0.3) is 0 Å². The van der Waals surface area contributed by atoms with Gasteiger partial charge in [-0.05, 0) is 50.0 Å². The van der Waals surface area contributed by atoms with Gasteiger partial charge in [0.05, 0.1) is 5.56 Å². The minimum absolute atomic E-state index is 0. The first-order valence-electron chi connectivity index (χ1n) is 8.03. The summed E-state index contributed by atoms with van der Waals surface area (Å²) in [4.78, 5) is 12.7. The Morgan fingerprint density at radius 3 is 2.58 bits per heavy atom. The van der Waals surface area contributed by atoms with Crippen LogP contribution in [0.4, 0.5) is 18.9 Å². The van der Waals surface area contributed by atoms with Gasteiger partial charge in [-0.2, -0.15) is 13.2 Å². The lowest BCUT2D eigenvalue weighted by atomic mass is 9.97. The Balaban J connectivity index is 0.00000243. The highest BCUT2D eigenvalue weighted by atomic mass is 35.5. The van der Waals surface area contributed by atoms with E-state index >= 15 is 0 Å². The Morgan fingerprint density at radius 1 is 1.31 bits per heavy atom. The summed E-state index contributed by atoms with van der Waals surface area (Å²) < 4.78 is 45.0. The zero-order chi connectivity index (χ0) is 18.0. The number of hydrogen-bond donors (Lipinski definition) is 2. The second-order valence-electron chi connectivity index (χ2n) is 6.22. The predicted octanol–water partition coefficient (Wildman–Crippen LogP) is 2.91. The summed E-state index contributed by atoms with van der Waals surface area (Å²) in [7, 11) is 1.65. The maximum absolute atomic E-state index is 13.4. The van der Waals surface area contributed by atoms with Crippen LogP contribution in [0.25, 0.3) is 11.5 Å². The third-order valence-electron chi connectivity index (χ3n) is 4.39. The first-order valence-corrected chi connectivity index (χ1v) is 8.03. The molecule has 1 fully saturated rings. The Bertz CT molecular complexity index is 784. The van der Waals surface area contributed by atoms with Crippen LogP contribution in [0.15, 0.2) is 27.4 Å². The molecule has 0 unspecified atom stereocenters. The molecule has 0 bridgehead atoms. The van der Waals surface area contributed by atoms with E-state index in [1.807, 2.05) is 0 Å². The van der Waals surface area contributed by atoms with Gasteiger partial charge in [-0.3, -0.25) is 0 Å². The summed E-state index contributed by atoms with van der Waals surface area (Å²) >= 11 is 0.